The van der Waals surface area contributed by atoms with Gasteiger partial charge in [0.15, 0.2) is 11.5 Å². The highest BCUT2D eigenvalue weighted by atomic mass is 32.2. The van der Waals surface area contributed by atoms with Crippen LogP contribution in [0.15, 0.2) is 71.6 Å². The lowest BCUT2D eigenvalue weighted by Gasteiger charge is -2.38. The second kappa shape index (κ2) is 9.91. The molecule has 1 N–H and O–H groups in total. The molecule has 33 heavy (non-hydrogen) atoms. The van der Waals surface area contributed by atoms with Crippen LogP contribution in [-0.2, 0) is 23.0 Å². The minimum Gasteiger partial charge on any atom is -0.493 e. The van der Waals surface area contributed by atoms with Gasteiger partial charge in [-0.1, -0.05) is 30.3 Å². The Labute approximate surface area is 194 Å². The van der Waals surface area contributed by atoms with Gasteiger partial charge in [-0.3, -0.25) is 4.90 Å². The van der Waals surface area contributed by atoms with Gasteiger partial charge in [-0.05, 0) is 59.5 Å². The van der Waals surface area contributed by atoms with Crippen LogP contribution in [0.4, 0.5) is 4.39 Å². The number of nitrogens with one attached hydrogen (secondary N) is 1. The molecule has 0 saturated heterocycles. The highest BCUT2D eigenvalue weighted by Crippen LogP contribution is 2.38. The van der Waals surface area contributed by atoms with Gasteiger partial charge >= 0.3 is 0 Å². The lowest BCUT2D eigenvalue weighted by atomic mass is 9.91. The first-order valence-electron chi connectivity index (χ1n) is 10.7. The topological polar surface area (TPSA) is 67.9 Å². The van der Waals surface area contributed by atoms with Crippen molar-refractivity contribution in [2.24, 2.45) is 0 Å². The molecule has 0 radical (unpaired) electrons. The minimum atomic E-state index is -3.67. The van der Waals surface area contributed by atoms with E-state index in [9.17, 15) is 12.8 Å². The first kappa shape index (κ1) is 23.2. The minimum absolute atomic E-state index is 0.181. The molecule has 1 atom stereocenters. The molecule has 0 aromatic heterocycles. The van der Waals surface area contributed by atoms with Crippen LogP contribution in [0.3, 0.4) is 0 Å². The predicted molar refractivity (Wildman–Crippen MR) is 124 cm³/mol. The molecule has 0 spiro atoms. The van der Waals surface area contributed by atoms with Crippen molar-refractivity contribution in [3.05, 3.63) is 89.2 Å². The van der Waals surface area contributed by atoms with Crippen molar-refractivity contribution in [3.63, 3.8) is 0 Å². The molecule has 6 nitrogen and oxygen atoms in total. The van der Waals surface area contributed by atoms with Crippen molar-refractivity contribution in [2.75, 3.05) is 27.3 Å². The van der Waals surface area contributed by atoms with Crippen LogP contribution in [0, 0.1) is 5.82 Å². The fraction of sp³-hybridized carbons (Fsp3) is 0.280. The summed E-state index contributed by atoms with van der Waals surface area (Å²) in [7, 11) is -0.498. The Morgan fingerprint density at radius 1 is 1.00 bits per heavy atom. The van der Waals surface area contributed by atoms with Crippen molar-refractivity contribution in [2.45, 2.75) is 23.9 Å². The number of halogens is 1. The van der Waals surface area contributed by atoms with E-state index >= 15 is 0 Å². The van der Waals surface area contributed by atoms with Crippen LogP contribution in [0.2, 0.25) is 0 Å². The smallest absolute Gasteiger partial charge is 0.240 e. The molecule has 0 aliphatic carbocycles. The zero-order valence-corrected chi connectivity index (χ0v) is 19.4. The van der Waals surface area contributed by atoms with Crippen molar-refractivity contribution in [3.8, 4) is 11.5 Å². The van der Waals surface area contributed by atoms with E-state index < -0.39 is 10.0 Å². The van der Waals surface area contributed by atoms with Gasteiger partial charge in [0, 0.05) is 25.7 Å². The molecular formula is C25H27FN2O4S. The maximum Gasteiger partial charge on any atom is 0.240 e. The molecule has 8 heteroatoms. The summed E-state index contributed by atoms with van der Waals surface area (Å²) >= 11 is 0. The monoisotopic (exact) mass is 470 g/mol. The highest BCUT2D eigenvalue weighted by molar-refractivity contribution is 7.89. The molecule has 174 valence electrons. The van der Waals surface area contributed by atoms with E-state index in [2.05, 4.69) is 9.62 Å². The summed E-state index contributed by atoms with van der Waals surface area (Å²) in [6.45, 7) is 1.46. The normalized spacial score (nSPS) is 16.3. The molecule has 1 aliphatic heterocycles. The quantitative estimate of drug-likeness (QED) is 0.541. The van der Waals surface area contributed by atoms with E-state index in [0.29, 0.717) is 18.0 Å². The lowest BCUT2D eigenvalue weighted by Crippen LogP contribution is -2.41. The molecule has 0 fully saturated rings. The number of methoxy groups -OCH3 is 2. The predicted octanol–water partition coefficient (Wildman–Crippen LogP) is 3.92. The average molecular weight is 471 g/mol. The number of rotatable bonds is 8. The van der Waals surface area contributed by atoms with Gasteiger partial charge in [0.1, 0.15) is 5.82 Å². The summed E-state index contributed by atoms with van der Waals surface area (Å²) in [4.78, 5) is 2.42. The zero-order valence-electron chi connectivity index (χ0n) is 18.6. The van der Waals surface area contributed by atoms with Crippen LogP contribution in [0.25, 0.3) is 0 Å². The molecule has 1 heterocycles. The molecule has 3 aromatic rings. The number of nitrogens with zero attached hydrogens (tertiary/aromatic N) is 1. The van der Waals surface area contributed by atoms with E-state index in [4.69, 9.17) is 9.47 Å². The molecule has 4 rings (SSSR count). The largest absolute Gasteiger partial charge is 0.493 e. The van der Waals surface area contributed by atoms with E-state index in [1.54, 1.807) is 56.7 Å². The number of hydrogen-bond acceptors (Lipinski definition) is 5. The first-order valence-corrected chi connectivity index (χ1v) is 12.2. The molecule has 1 aliphatic rings. The number of hydrogen-bond donors (Lipinski definition) is 1. The third kappa shape index (κ3) is 5.19. The van der Waals surface area contributed by atoms with Gasteiger partial charge in [0.25, 0.3) is 0 Å². The number of benzene rings is 3. The van der Waals surface area contributed by atoms with Gasteiger partial charge in [-0.2, -0.15) is 0 Å². The number of ether oxygens (including phenoxy) is 2. The highest BCUT2D eigenvalue weighted by Gasteiger charge is 2.30. The molecule has 0 unspecified atom stereocenters. The zero-order chi connectivity index (χ0) is 23.4. The van der Waals surface area contributed by atoms with Crippen LogP contribution in [-0.4, -0.2) is 40.6 Å². The van der Waals surface area contributed by atoms with Gasteiger partial charge in [0.05, 0.1) is 19.1 Å². The Morgan fingerprint density at radius 2 is 1.67 bits per heavy atom. The Balaban J connectivity index is 1.66. The second-order valence-corrected chi connectivity index (χ2v) is 9.70. The molecule has 3 aromatic carbocycles. The van der Waals surface area contributed by atoms with Crippen LogP contribution in [0.5, 0.6) is 11.5 Å². The maximum absolute atomic E-state index is 13.4. The van der Waals surface area contributed by atoms with Crippen molar-refractivity contribution < 1.29 is 22.3 Å². The molecular weight excluding hydrogens is 443 g/mol. The van der Waals surface area contributed by atoms with Crippen molar-refractivity contribution in [1.82, 2.24) is 9.62 Å². The van der Waals surface area contributed by atoms with Crippen LogP contribution < -0.4 is 14.2 Å². The lowest BCUT2D eigenvalue weighted by molar-refractivity contribution is 0.176. The van der Waals surface area contributed by atoms with Crippen molar-refractivity contribution >= 4 is 10.0 Å². The van der Waals surface area contributed by atoms with Gasteiger partial charge in [-0.25, -0.2) is 17.5 Å². The standard InChI is InChI=1S/C25H27FN2O4S/c1-31-24-14-19-12-13-28(17-18-8-10-20(26)11-9-18)23(22(19)15-25(24)32-2)16-27-33(29,30)21-6-4-3-5-7-21/h3-11,14-15,23,27H,12-13,16-17H2,1-2H3/t23-/m0/s1. The van der Waals surface area contributed by atoms with Gasteiger partial charge < -0.3 is 9.47 Å². The van der Waals surface area contributed by atoms with Crippen molar-refractivity contribution in [1.29, 1.82) is 0 Å². The SMILES string of the molecule is COc1cc2c(cc1OC)[C@H](CNS(=O)(=O)c1ccccc1)N(Cc1ccc(F)cc1)CC2. The third-order valence-corrected chi connectivity index (χ3v) is 7.37. The summed E-state index contributed by atoms with van der Waals surface area (Å²) in [6, 6.07) is 18.3. The second-order valence-electron chi connectivity index (χ2n) is 7.93. The Morgan fingerprint density at radius 3 is 2.33 bits per heavy atom. The number of sulfonamides is 1. The summed E-state index contributed by atoms with van der Waals surface area (Å²) in [5, 5.41) is 0. The van der Waals surface area contributed by atoms with E-state index in [1.807, 2.05) is 12.1 Å². The summed E-state index contributed by atoms with van der Waals surface area (Å²) in [5.41, 5.74) is 3.03. The van der Waals surface area contributed by atoms with E-state index in [1.165, 1.54) is 12.1 Å². The maximum atomic E-state index is 13.4. The van der Waals surface area contributed by atoms with E-state index in [0.717, 1.165) is 29.7 Å². The first-order chi connectivity index (χ1) is 15.9. The van der Waals surface area contributed by atoms with Crippen LogP contribution >= 0.6 is 0 Å². The van der Waals surface area contributed by atoms with Gasteiger partial charge in [0.2, 0.25) is 10.0 Å². The summed E-state index contributed by atoms with van der Waals surface area (Å²) in [6.07, 6.45) is 0.777. The fourth-order valence-electron chi connectivity index (χ4n) is 4.20. The number of fused-ring (bicyclic) bond motifs is 1. The fourth-order valence-corrected chi connectivity index (χ4v) is 5.26. The van der Waals surface area contributed by atoms with Crippen LogP contribution in [0.1, 0.15) is 22.7 Å². The summed E-state index contributed by atoms with van der Waals surface area (Å²) in [5.74, 6) is 0.953. The van der Waals surface area contributed by atoms with E-state index in [-0.39, 0.29) is 23.3 Å². The summed E-state index contributed by atoms with van der Waals surface area (Å²) < 4.78 is 52.9. The Bertz CT molecular complexity index is 1200. The molecule has 0 amide bonds. The molecule has 0 bridgehead atoms. The Hall–Kier alpha value is -2.94. The Kier molecular flexibility index (Phi) is 6.97. The molecule has 0 saturated carbocycles. The van der Waals surface area contributed by atoms with Gasteiger partial charge in [-0.15, -0.1) is 0 Å². The average Bonchev–Trinajstić information content (AvgIpc) is 2.84. The third-order valence-electron chi connectivity index (χ3n) is 5.93.